The molecule has 30 heavy (non-hydrogen) atoms. The van der Waals surface area contributed by atoms with Gasteiger partial charge in [0.15, 0.2) is 0 Å². The first-order valence-corrected chi connectivity index (χ1v) is 9.34. The first-order valence-electron chi connectivity index (χ1n) is 9.34. The van der Waals surface area contributed by atoms with Crippen LogP contribution in [0.5, 0.6) is 11.5 Å². The number of nitrogens with zero attached hydrogens (tertiary/aromatic N) is 3. The van der Waals surface area contributed by atoms with Crippen LogP contribution in [-0.2, 0) is 11.3 Å². The fraction of sp³-hybridized carbons (Fsp3) is 0.227. The van der Waals surface area contributed by atoms with Gasteiger partial charge in [-0.25, -0.2) is 4.79 Å². The molecule has 0 aliphatic heterocycles. The molecule has 2 aromatic carbocycles. The van der Waals surface area contributed by atoms with Crippen molar-refractivity contribution in [2.45, 2.75) is 13.5 Å². The van der Waals surface area contributed by atoms with Crippen LogP contribution in [0.3, 0.4) is 0 Å². The van der Waals surface area contributed by atoms with Gasteiger partial charge in [-0.05, 0) is 61.5 Å². The Hall–Kier alpha value is -3.81. The van der Waals surface area contributed by atoms with E-state index in [-0.39, 0.29) is 18.8 Å². The summed E-state index contributed by atoms with van der Waals surface area (Å²) < 4.78 is 17.0. The third kappa shape index (κ3) is 4.60. The van der Waals surface area contributed by atoms with Gasteiger partial charge in [0.05, 0.1) is 33.1 Å². The molecule has 0 atom stereocenters. The Morgan fingerprint density at radius 3 is 2.17 bits per heavy atom. The van der Waals surface area contributed by atoms with E-state index < -0.39 is 5.97 Å². The molecule has 0 aliphatic carbocycles. The summed E-state index contributed by atoms with van der Waals surface area (Å²) in [4.78, 5) is 12.5. The SMILES string of the molecule is CCOC(=O)c1cc(-c2ccc(OC)cc2)nn1C/C(=N/O)c1ccc(OC)cc1. The molecule has 156 valence electrons. The summed E-state index contributed by atoms with van der Waals surface area (Å²) in [7, 11) is 3.17. The molecule has 0 fully saturated rings. The molecule has 0 aliphatic rings. The molecular formula is C22H23N3O5. The van der Waals surface area contributed by atoms with E-state index in [1.807, 2.05) is 24.3 Å². The van der Waals surface area contributed by atoms with Crippen LogP contribution in [0.4, 0.5) is 0 Å². The lowest BCUT2D eigenvalue weighted by Gasteiger charge is -2.09. The normalized spacial score (nSPS) is 11.2. The van der Waals surface area contributed by atoms with Gasteiger partial charge >= 0.3 is 5.97 Å². The first-order chi connectivity index (χ1) is 14.6. The number of carbonyl (C=O) groups excluding carboxylic acids is 1. The van der Waals surface area contributed by atoms with Crippen LogP contribution in [-0.4, -0.2) is 47.5 Å². The molecule has 8 heteroatoms. The summed E-state index contributed by atoms with van der Waals surface area (Å²) in [6.07, 6.45) is 0. The van der Waals surface area contributed by atoms with Gasteiger partial charge in [0.2, 0.25) is 0 Å². The lowest BCUT2D eigenvalue weighted by molar-refractivity contribution is 0.0513. The Kier molecular flexibility index (Phi) is 6.69. The predicted molar refractivity (Wildman–Crippen MR) is 111 cm³/mol. The highest BCUT2D eigenvalue weighted by Gasteiger charge is 2.19. The van der Waals surface area contributed by atoms with Crippen LogP contribution in [0.2, 0.25) is 0 Å². The molecule has 8 nitrogen and oxygen atoms in total. The summed E-state index contributed by atoms with van der Waals surface area (Å²) in [6, 6.07) is 16.1. The molecule has 0 saturated carbocycles. The fourth-order valence-electron chi connectivity index (χ4n) is 2.92. The number of benzene rings is 2. The summed E-state index contributed by atoms with van der Waals surface area (Å²) >= 11 is 0. The van der Waals surface area contributed by atoms with Gasteiger partial charge in [-0.1, -0.05) is 5.16 Å². The van der Waals surface area contributed by atoms with Crippen molar-refractivity contribution in [3.05, 3.63) is 65.9 Å². The summed E-state index contributed by atoms with van der Waals surface area (Å²) in [5.74, 6) is 0.902. The average Bonchev–Trinajstić information content (AvgIpc) is 3.22. The van der Waals surface area contributed by atoms with Crippen molar-refractivity contribution in [1.29, 1.82) is 0 Å². The third-order valence-electron chi connectivity index (χ3n) is 4.49. The Morgan fingerprint density at radius 2 is 1.63 bits per heavy atom. The molecule has 3 aromatic rings. The number of methoxy groups -OCH3 is 2. The van der Waals surface area contributed by atoms with E-state index in [9.17, 15) is 10.0 Å². The Morgan fingerprint density at radius 1 is 1.03 bits per heavy atom. The molecule has 0 amide bonds. The van der Waals surface area contributed by atoms with E-state index in [1.54, 1.807) is 51.5 Å². The van der Waals surface area contributed by atoms with Crippen LogP contribution in [0.1, 0.15) is 23.0 Å². The topological polar surface area (TPSA) is 95.2 Å². The first kappa shape index (κ1) is 20.9. The molecule has 0 unspecified atom stereocenters. The lowest BCUT2D eigenvalue weighted by Crippen LogP contribution is -2.19. The van der Waals surface area contributed by atoms with Crippen LogP contribution in [0.15, 0.2) is 59.8 Å². The Balaban J connectivity index is 1.96. The molecule has 1 N–H and O–H groups in total. The lowest BCUT2D eigenvalue weighted by atomic mass is 10.1. The van der Waals surface area contributed by atoms with E-state index in [1.165, 1.54) is 4.68 Å². The molecule has 0 radical (unpaired) electrons. The molecule has 3 rings (SSSR count). The third-order valence-corrected chi connectivity index (χ3v) is 4.49. The smallest absolute Gasteiger partial charge is 0.356 e. The maximum atomic E-state index is 12.5. The van der Waals surface area contributed by atoms with E-state index in [4.69, 9.17) is 14.2 Å². The minimum atomic E-state index is -0.503. The zero-order chi connectivity index (χ0) is 21.5. The summed E-state index contributed by atoms with van der Waals surface area (Å²) in [6.45, 7) is 2.05. The maximum absolute atomic E-state index is 12.5. The minimum Gasteiger partial charge on any atom is -0.497 e. The number of esters is 1. The van der Waals surface area contributed by atoms with Gasteiger partial charge in [0.25, 0.3) is 0 Å². The molecule has 1 aromatic heterocycles. The highest BCUT2D eigenvalue weighted by atomic mass is 16.5. The van der Waals surface area contributed by atoms with E-state index >= 15 is 0 Å². The number of hydrogen-bond donors (Lipinski definition) is 1. The van der Waals surface area contributed by atoms with E-state index in [2.05, 4.69) is 10.3 Å². The highest BCUT2D eigenvalue weighted by Crippen LogP contribution is 2.23. The van der Waals surface area contributed by atoms with Gasteiger partial charge in [0.1, 0.15) is 22.9 Å². The van der Waals surface area contributed by atoms with Crippen molar-refractivity contribution >= 4 is 11.7 Å². The van der Waals surface area contributed by atoms with Gasteiger partial charge in [-0.15, -0.1) is 0 Å². The largest absolute Gasteiger partial charge is 0.497 e. The second-order valence-electron chi connectivity index (χ2n) is 6.30. The van der Waals surface area contributed by atoms with Crippen LogP contribution < -0.4 is 9.47 Å². The van der Waals surface area contributed by atoms with Crippen molar-refractivity contribution in [2.75, 3.05) is 20.8 Å². The zero-order valence-electron chi connectivity index (χ0n) is 17.0. The summed E-state index contributed by atoms with van der Waals surface area (Å²) in [5, 5.41) is 17.5. The van der Waals surface area contributed by atoms with Gasteiger partial charge < -0.3 is 19.4 Å². The second kappa shape index (κ2) is 9.60. The van der Waals surface area contributed by atoms with Gasteiger partial charge in [-0.2, -0.15) is 5.10 Å². The van der Waals surface area contributed by atoms with Crippen molar-refractivity contribution in [3.63, 3.8) is 0 Å². The second-order valence-corrected chi connectivity index (χ2v) is 6.30. The molecule has 0 saturated heterocycles. The molecule has 1 heterocycles. The van der Waals surface area contributed by atoms with Crippen molar-refractivity contribution in [2.24, 2.45) is 5.16 Å². The van der Waals surface area contributed by atoms with Crippen LogP contribution in [0, 0.1) is 0 Å². The van der Waals surface area contributed by atoms with Gasteiger partial charge in [-0.3, -0.25) is 4.68 Å². The van der Waals surface area contributed by atoms with Crippen LogP contribution >= 0.6 is 0 Å². The minimum absolute atomic E-state index is 0.0765. The average molecular weight is 409 g/mol. The van der Waals surface area contributed by atoms with Crippen molar-refractivity contribution in [3.8, 4) is 22.8 Å². The molecular weight excluding hydrogens is 386 g/mol. The standard InChI is InChI=1S/C22H23N3O5/c1-4-30-22(26)21-13-19(15-5-9-17(28-2)10-6-15)23-25(21)14-20(24-27)16-7-11-18(29-3)12-8-16/h5-13,27H,4,14H2,1-3H3/b24-20-. The summed E-state index contributed by atoms with van der Waals surface area (Å²) in [5.41, 5.74) is 2.68. The van der Waals surface area contributed by atoms with E-state index in [0.717, 1.165) is 11.3 Å². The number of ether oxygens (including phenoxy) is 3. The zero-order valence-corrected chi connectivity index (χ0v) is 17.0. The number of carbonyl (C=O) groups is 1. The molecule has 0 spiro atoms. The Bertz CT molecular complexity index is 1020. The number of oxime groups is 1. The number of aromatic nitrogens is 2. The maximum Gasteiger partial charge on any atom is 0.356 e. The number of hydrogen-bond acceptors (Lipinski definition) is 7. The monoisotopic (exact) mass is 409 g/mol. The molecule has 0 bridgehead atoms. The van der Waals surface area contributed by atoms with E-state index in [0.29, 0.717) is 22.7 Å². The van der Waals surface area contributed by atoms with Crippen molar-refractivity contribution < 1.29 is 24.2 Å². The van der Waals surface area contributed by atoms with Gasteiger partial charge in [0, 0.05) is 11.1 Å². The van der Waals surface area contributed by atoms with Crippen LogP contribution in [0.25, 0.3) is 11.3 Å². The predicted octanol–water partition coefficient (Wildman–Crippen LogP) is 3.62. The fourth-order valence-corrected chi connectivity index (χ4v) is 2.92. The number of rotatable bonds is 8. The quantitative estimate of drug-likeness (QED) is 0.264. The Labute approximate surface area is 174 Å². The highest BCUT2D eigenvalue weighted by molar-refractivity contribution is 6.00. The van der Waals surface area contributed by atoms with Crippen molar-refractivity contribution in [1.82, 2.24) is 9.78 Å².